The Kier molecular flexibility index (Phi) is 33.6. The molecule has 0 fully saturated rings. The molecular formula is C2H11Na4O6P2+. The zero-order valence-corrected chi connectivity index (χ0v) is 18.8. The van der Waals surface area contributed by atoms with Crippen LogP contribution in [-0.4, -0.2) is 20.5 Å². The Bertz CT molecular complexity index is 196. The predicted molar refractivity (Wildman–Crippen MR) is 36.9 cm³/mol. The minimum Gasteiger partial charge on any atom is -1.00 e. The third-order valence-corrected chi connectivity index (χ3v) is 2.43. The standard InChI is InChI=1S/C2H6O6P2.4Na.4H/c1-2(8-9(3)4)10(5,6)7;;;;;;;;/h2H,1H3,(H2-,3,4,5,6,7);;;;;;;;/q;4*+1;4*-1/p+1. The van der Waals surface area contributed by atoms with Gasteiger partial charge in [0.25, 0.3) is 0 Å². The third kappa shape index (κ3) is 18.5. The van der Waals surface area contributed by atoms with Gasteiger partial charge in [0.2, 0.25) is 5.85 Å². The predicted octanol–water partition coefficient (Wildman–Crippen LogP) is -11.4. The molecule has 0 aliphatic heterocycles. The van der Waals surface area contributed by atoms with Gasteiger partial charge in [-0.05, 0) is 6.92 Å². The molecule has 14 heavy (non-hydrogen) atoms. The molecule has 0 radical (unpaired) electrons. The molecule has 0 bridgehead atoms. The molecule has 0 spiro atoms. The van der Waals surface area contributed by atoms with Crippen molar-refractivity contribution in [3.8, 4) is 0 Å². The molecule has 3 N–H and O–H groups in total. The molecule has 0 rings (SSSR count). The third-order valence-electron chi connectivity index (χ3n) is 0.716. The summed E-state index contributed by atoms with van der Waals surface area (Å²) in [6, 6.07) is 0. The van der Waals surface area contributed by atoms with Crippen LogP contribution in [-0.2, 0) is 13.7 Å². The summed E-state index contributed by atoms with van der Waals surface area (Å²) < 4.78 is 24.0. The summed E-state index contributed by atoms with van der Waals surface area (Å²) in [6.45, 7) is 1.02. The SMILES string of the molecule is CC(O[P+](=O)O)P(=O)(O)O.[H-].[H-].[H-].[H-].[Na+].[Na+].[Na+].[Na+]. The van der Waals surface area contributed by atoms with Crippen molar-refractivity contribution in [3.05, 3.63) is 0 Å². The summed E-state index contributed by atoms with van der Waals surface area (Å²) in [5.41, 5.74) is 0. The van der Waals surface area contributed by atoms with Crippen LogP contribution in [0.15, 0.2) is 0 Å². The minimum atomic E-state index is -4.38. The van der Waals surface area contributed by atoms with Crippen LogP contribution in [0.1, 0.15) is 12.6 Å². The van der Waals surface area contributed by atoms with E-state index in [9.17, 15) is 9.13 Å². The summed E-state index contributed by atoms with van der Waals surface area (Å²) in [5, 5.41) is 0. The van der Waals surface area contributed by atoms with E-state index in [1.807, 2.05) is 0 Å². The topological polar surface area (TPSA) is 104 Å². The van der Waals surface area contributed by atoms with Gasteiger partial charge in [-0.3, -0.25) is 4.57 Å². The van der Waals surface area contributed by atoms with Gasteiger partial charge in [0.05, 0.1) is 0 Å². The smallest absolute Gasteiger partial charge is 1.00 e. The van der Waals surface area contributed by atoms with Crippen LogP contribution >= 0.6 is 15.9 Å². The number of hydrogen-bond donors (Lipinski definition) is 3. The van der Waals surface area contributed by atoms with Gasteiger partial charge in [-0.2, -0.15) is 0 Å². The van der Waals surface area contributed by atoms with Crippen LogP contribution < -0.4 is 118 Å². The van der Waals surface area contributed by atoms with Crippen molar-refractivity contribution in [1.29, 1.82) is 0 Å². The van der Waals surface area contributed by atoms with E-state index in [0.717, 1.165) is 6.92 Å². The van der Waals surface area contributed by atoms with Gasteiger partial charge in [0.15, 0.2) is 0 Å². The van der Waals surface area contributed by atoms with Crippen LogP contribution in [0, 0.1) is 0 Å². The first-order valence-electron chi connectivity index (χ1n) is 2.22. The van der Waals surface area contributed by atoms with Crippen molar-refractivity contribution < 1.29 is 152 Å². The maximum Gasteiger partial charge on any atom is 1.00 e. The Morgan fingerprint density at radius 2 is 1.57 bits per heavy atom. The van der Waals surface area contributed by atoms with Crippen LogP contribution in [0.25, 0.3) is 0 Å². The average molecular weight is 285 g/mol. The molecule has 0 amide bonds. The zero-order chi connectivity index (χ0) is 8.36. The van der Waals surface area contributed by atoms with Crippen LogP contribution in [0.3, 0.4) is 0 Å². The molecule has 0 heterocycles. The molecule has 0 saturated heterocycles. The second kappa shape index (κ2) is 15.2. The molecule has 0 aromatic carbocycles. The summed E-state index contributed by atoms with van der Waals surface area (Å²) in [5.74, 6) is -1.53. The van der Waals surface area contributed by atoms with Gasteiger partial charge in [-0.25, -0.2) is 0 Å². The maximum atomic E-state index is 10.2. The fraction of sp³-hybridized carbons (Fsp3) is 1.00. The first-order chi connectivity index (χ1) is 4.34. The summed E-state index contributed by atoms with van der Waals surface area (Å²) >= 11 is 0. The number of hydrogen-bond acceptors (Lipinski definition) is 3. The van der Waals surface area contributed by atoms with Gasteiger partial charge >= 0.3 is 134 Å². The van der Waals surface area contributed by atoms with Crippen molar-refractivity contribution in [1.82, 2.24) is 0 Å². The van der Waals surface area contributed by atoms with E-state index in [0.29, 0.717) is 0 Å². The molecule has 0 aromatic heterocycles. The minimum absolute atomic E-state index is 0. The Morgan fingerprint density at radius 1 is 1.29 bits per heavy atom. The molecule has 68 valence electrons. The van der Waals surface area contributed by atoms with Crippen LogP contribution in [0.2, 0.25) is 0 Å². The van der Waals surface area contributed by atoms with Gasteiger partial charge < -0.3 is 15.5 Å². The maximum absolute atomic E-state index is 10.2. The van der Waals surface area contributed by atoms with E-state index in [1.165, 1.54) is 0 Å². The van der Waals surface area contributed by atoms with Crippen LogP contribution in [0.5, 0.6) is 0 Å². The largest absolute Gasteiger partial charge is 1.00 e. The average Bonchev–Trinajstić information content (AvgIpc) is 1.60. The molecule has 0 aliphatic carbocycles. The quantitative estimate of drug-likeness (QED) is 0.351. The number of rotatable bonds is 3. The Balaban J connectivity index is -0.0000000145. The van der Waals surface area contributed by atoms with E-state index in [1.54, 1.807) is 0 Å². The molecule has 2 atom stereocenters. The van der Waals surface area contributed by atoms with Crippen molar-refractivity contribution in [3.63, 3.8) is 0 Å². The van der Waals surface area contributed by atoms with Gasteiger partial charge in [-0.1, -0.05) is 0 Å². The zero-order valence-electron chi connectivity index (χ0n) is 13.0. The van der Waals surface area contributed by atoms with Gasteiger partial charge in [-0.15, -0.1) is 9.42 Å². The van der Waals surface area contributed by atoms with Gasteiger partial charge in [0, 0.05) is 4.57 Å². The van der Waals surface area contributed by atoms with Crippen molar-refractivity contribution >= 4 is 15.9 Å². The first-order valence-corrected chi connectivity index (χ1v) is 5.03. The van der Waals surface area contributed by atoms with Crippen molar-refractivity contribution in [2.45, 2.75) is 12.8 Å². The molecule has 12 heteroatoms. The first kappa shape index (κ1) is 30.9. The fourth-order valence-electron chi connectivity index (χ4n) is 0.192. The summed E-state index contributed by atoms with van der Waals surface area (Å²) in [4.78, 5) is 24.6. The van der Waals surface area contributed by atoms with E-state index in [2.05, 4.69) is 4.52 Å². The van der Waals surface area contributed by atoms with E-state index in [-0.39, 0.29) is 124 Å². The summed E-state index contributed by atoms with van der Waals surface area (Å²) in [6.07, 6.45) is 0. The van der Waals surface area contributed by atoms with Crippen molar-refractivity contribution in [2.75, 3.05) is 0 Å². The second-order valence-electron chi connectivity index (χ2n) is 1.53. The molecule has 0 aliphatic rings. The Morgan fingerprint density at radius 3 is 1.64 bits per heavy atom. The monoisotopic (exact) mass is 285 g/mol. The molecule has 2 unspecified atom stereocenters. The Hall–Kier alpha value is 4.17. The van der Waals surface area contributed by atoms with Gasteiger partial charge in [0.1, 0.15) is 0 Å². The van der Waals surface area contributed by atoms with E-state index >= 15 is 0 Å². The van der Waals surface area contributed by atoms with E-state index in [4.69, 9.17) is 14.7 Å². The van der Waals surface area contributed by atoms with E-state index < -0.39 is 21.7 Å². The Labute approximate surface area is 178 Å². The van der Waals surface area contributed by atoms with Crippen molar-refractivity contribution in [2.24, 2.45) is 0 Å². The second-order valence-corrected chi connectivity index (χ2v) is 4.12. The normalized spacial score (nSPS) is 11.9. The summed E-state index contributed by atoms with van der Waals surface area (Å²) in [7, 11) is -7.32. The fourth-order valence-corrected chi connectivity index (χ4v) is 1.19. The van der Waals surface area contributed by atoms with Crippen LogP contribution in [0.4, 0.5) is 0 Å². The molecule has 0 saturated carbocycles. The molecular weight excluding hydrogens is 274 g/mol. The molecule has 0 aromatic rings. The molecule has 6 nitrogen and oxygen atoms in total.